The number of benzene rings is 1. The lowest BCUT2D eigenvalue weighted by Gasteiger charge is -2.27. The maximum absolute atomic E-state index is 13.5. The van der Waals surface area contributed by atoms with Crippen LogP contribution in [-0.2, 0) is 24.2 Å². The number of aromatic amines is 1. The smallest absolute Gasteiger partial charge is 0.224 e. The molecule has 1 aromatic carbocycles. The van der Waals surface area contributed by atoms with Gasteiger partial charge in [-0.3, -0.25) is 9.79 Å². The Morgan fingerprint density at radius 3 is 2.97 bits per heavy atom. The molecule has 0 atom stereocenters. The third kappa shape index (κ3) is 5.76. The maximum atomic E-state index is 13.5. The third-order valence-corrected chi connectivity index (χ3v) is 6.45. The van der Waals surface area contributed by atoms with Crippen molar-refractivity contribution < 1.29 is 9.18 Å². The van der Waals surface area contributed by atoms with Gasteiger partial charge in [0.25, 0.3) is 0 Å². The number of rotatable bonds is 6. The number of nitrogens with one attached hydrogen (secondary N) is 3. The molecule has 1 amide bonds. The molecule has 3 aromatic rings. The van der Waals surface area contributed by atoms with Gasteiger partial charge in [0.15, 0.2) is 5.96 Å². The summed E-state index contributed by atoms with van der Waals surface area (Å²) in [6.45, 7) is 2.70. The van der Waals surface area contributed by atoms with E-state index < -0.39 is 0 Å². The highest BCUT2D eigenvalue weighted by Gasteiger charge is 2.21. The molecule has 0 fully saturated rings. The highest BCUT2D eigenvalue weighted by molar-refractivity contribution is 14.0. The summed E-state index contributed by atoms with van der Waals surface area (Å²) in [5.41, 5.74) is 3.27. The molecule has 2 aromatic heterocycles. The number of aliphatic imine (C=N–C) groups is 1. The van der Waals surface area contributed by atoms with E-state index in [1.54, 1.807) is 30.5 Å². The molecule has 31 heavy (non-hydrogen) atoms. The van der Waals surface area contributed by atoms with Gasteiger partial charge in [0.1, 0.15) is 5.82 Å². The fourth-order valence-corrected chi connectivity index (χ4v) is 4.69. The lowest BCUT2D eigenvalue weighted by Crippen LogP contribution is -2.41. The predicted octanol–water partition coefficient (Wildman–Crippen LogP) is 3.67. The van der Waals surface area contributed by atoms with Gasteiger partial charge in [-0.1, -0.05) is 0 Å². The van der Waals surface area contributed by atoms with Crippen LogP contribution in [0.5, 0.6) is 0 Å². The number of thiophene rings is 1. The first kappa shape index (κ1) is 23.5. The van der Waals surface area contributed by atoms with Crippen LogP contribution in [0.1, 0.15) is 22.4 Å². The monoisotopic (exact) mass is 555 g/mol. The van der Waals surface area contributed by atoms with Gasteiger partial charge < -0.3 is 20.5 Å². The van der Waals surface area contributed by atoms with Crippen LogP contribution in [0.3, 0.4) is 0 Å². The van der Waals surface area contributed by atoms with E-state index in [1.807, 2.05) is 11.1 Å². The van der Waals surface area contributed by atoms with Gasteiger partial charge in [0.2, 0.25) is 5.91 Å². The SMILES string of the molecule is CN=C(NCCC(=O)N1CCc2sccc2C1)NCCc1c[nH]c2ccc(F)cc12.I. The predicted molar refractivity (Wildman–Crippen MR) is 135 cm³/mol. The Labute approximate surface area is 202 Å². The van der Waals surface area contributed by atoms with Crippen LogP contribution in [0.2, 0.25) is 0 Å². The van der Waals surface area contributed by atoms with Crippen LogP contribution in [0.4, 0.5) is 4.39 Å². The minimum atomic E-state index is -0.234. The number of guanidine groups is 1. The van der Waals surface area contributed by atoms with Crippen LogP contribution >= 0.6 is 35.3 Å². The lowest BCUT2D eigenvalue weighted by atomic mass is 10.1. The van der Waals surface area contributed by atoms with Gasteiger partial charge in [0, 0.05) is 61.6 Å². The molecular weight excluding hydrogens is 528 g/mol. The third-order valence-electron chi connectivity index (χ3n) is 5.43. The van der Waals surface area contributed by atoms with Crippen molar-refractivity contribution in [3.8, 4) is 0 Å². The van der Waals surface area contributed by atoms with E-state index in [2.05, 4.69) is 32.1 Å². The average molecular weight is 555 g/mol. The number of hydrogen-bond acceptors (Lipinski definition) is 3. The second kappa shape index (κ2) is 10.9. The van der Waals surface area contributed by atoms with E-state index in [-0.39, 0.29) is 35.7 Å². The summed E-state index contributed by atoms with van der Waals surface area (Å²) < 4.78 is 13.5. The van der Waals surface area contributed by atoms with Gasteiger partial charge in [-0.2, -0.15) is 0 Å². The number of amides is 1. The molecule has 0 spiro atoms. The van der Waals surface area contributed by atoms with Crippen molar-refractivity contribution in [3.63, 3.8) is 0 Å². The molecule has 9 heteroatoms. The Kier molecular flexibility index (Phi) is 8.30. The standard InChI is InChI=1S/C22H26FN5OS.HI/c1-24-22(25-8-4-15-13-27-19-3-2-17(23)12-18(15)19)26-9-5-21(29)28-10-6-20-16(14-28)7-11-30-20;/h2-3,7,11-13,27H,4-6,8-10,14H2,1H3,(H2,24,25,26);1H. The highest BCUT2D eigenvalue weighted by Crippen LogP contribution is 2.24. The van der Waals surface area contributed by atoms with Crippen molar-refractivity contribution in [1.82, 2.24) is 20.5 Å². The zero-order chi connectivity index (χ0) is 20.9. The molecule has 0 bridgehead atoms. The summed E-state index contributed by atoms with van der Waals surface area (Å²) in [6, 6.07) is 6.88. The van der Waals surface area contributed by atoms with Crippen LogP contribution in [-0.4, -0.2) is 48.4 Å². The van der Waals surface area contributed by atoms with Crippen molar-refractivity contribution in [2.24, 2.45) is 4.99 Å². The molecular formula is C22H27FIN5OS. The van der Waals surface area contributed by atoms with Crippen molar-refractivity contribution in [3.05, 3.63) is 57.7 Å². The van der Waals surface area contributed by atoms with Crippen LogP contribution in [0.25, 0.3) is 10.9 Å². The molecule has 4 rings (SSSR count). The number of H-pyrrole nitrogens is 1. The molecule has 3 N–H and O–H groups in total. The summed E-state index contributed by atoms with van der Waals surface area (Å²) in [6.07, 6.45) is 4.03. The highest BCUT2D eigenvalue weighted by atomic mass is 127. The first-order valence-corrected chi connectivity index (χ1v) is 11.0. The second-order valence-electron chi connectivity index (χ2n) is 7.36. The fraction of sp³-hybridized carbons (Fsp3) is 0.364. The molecule has 3 heterocycles. The molecule has 0 radical (unpaired) electrons. The van der Waals surface area contributed by atoms with E-state index in [4.69, 9.17) is 0 Å². The van der Waals surface area contributed by atoms with E-state index in [0.717, 1.165) is 42.4 Å². The summed E-state index contributed by atoms with van der Waals surface area (Å²) in [7, 11) is 1.71. The number of hydrogen-bond donors (Lipinski definition) is 3. The molecule has 0 saturated carbocycles. The average Bonchev–Trinajstić information content (AvgIpc) is 3.38. The first-order chi connectivity index (χ1) is 14.6. The van der Waals surface area contributed by atoms with E-state index >= 15 is 0 Å². The van der Waals surface area contributed by atoms with Crippen molar-refractivity contribution in [1.29, 1.82) is 0 Å². The molecule has 6 nitrogen and oxygen atoms in total. The molecule has 1 aliphatic rings. The topological polar surface area (TPSA) is 72.5 Å². The van der Waals surface area contributed by atoms with Crippen LogP contribution < -0.4 is 10.6 Å². The van der Waals surface area contributed by atoms with Crippen LogP contribution in [0.15, 0.2) is 40.8 Å². The van der Waals surface area contributed by atoms with Crippen molar-refractivity contribution >= 4 is 58.1 Å². The zero-order valence-electron chi connectivity index (χ0n) is 17.4. The van der Waals surface area contributed by atoms with E-state index in [9.17, 15) is 9.18 Å². The van der Waals surface area contributed by atoms with E-state index in [0.29, 0.717) is 25.5 Å². The maximum Gasteiger partial charge on any atom is 0.224 e. The number of fused-ring (bicyclic) bond motifs is 2. The Hall–Kier alpha value is -2.14. The molecule has 0 unspecified atom stereocenters. The Morgan fingerprint density at radius 2 is 2.13 bits per heavy atom. The van der Waals surface area contributed by atoms with Gasteiger partial charge in [-0.15, -0.1) is 35.3 Å². The van der Waals surface area contributed by atoms with Gasteiger partial charge in [0.05, 0.1) is 0 Å². The number of halogens is 2. The fourth-order valence-electron chi connectivity index (χ4n) is 3.80. The quantitative estimate of drug-likeness (QED) is 0.247. The van der Waals surface area contributed by atoms with Gasteiger partial charge in [-0.25, -0.2) is 4.39 Å². The largest absolute Gasteiger partial charge is 0.361 e. The Morgan fingerprint density at radius 1 is 1.29 bits per heavy atom. The first-order valence-electron chi connectivity index (χ1n) is 10.2. The summed E-state index contributed by atoms with van der Waals surface area (Å²) in [5.74, 6) is 0.589. The van der Waals surface area contributed by atoms with Crippen molar-refractivity contribution in [2.75, 3.05) is 26.7 Å². The number of carbonyl (C=O) groups is 1. The summed E-state index contributed by atoms with van der Waals surface area (Å²) in [4.78, 5) is 23.2. The van der Waals surface area contributed by atoms with Crippen LogP contribution in [0, 0.1) is 5.82 Å². The number of nitrogens with zero attached hydrogens (tertiary/aromatic N) is 2. The zero-order valence-corrected chi connectivity index (χ0v) is 20.6. The second-order valence-corrected chi connectivity index (χ2v) is 8.36. The summed E-state index contributed by atoms with van der Waals surface area (Å²) >= 11 is 1.78. The number of carbonyl (C=O) groups excluding carboxylic acids is 1. The summed E-state index contributed by atoms with van der Waals surface area (Å²) in [5, 5.41) is 9.47. The number of aromatic nitrogens is 1. The Bertz CT molecular complexity index is 1060. The molecule has 0 aliphatic carbocycles. The normalized spacial score (nSPS) is 13.6. The molecule has 0 saturated heterocycles. The van der Waals surface area contributed by atoms with E-state index in [1.165, 1.54) is 16.5 Å². The van der Waals surface area contributed by atoms with Crippen molar-refractivity contribution in [2.45, 2.75) is 25.8 Å². The molecule has 1 aliphatic heterocycles. The minimum absolute atomic E-state index is 0. The lowest BCUT2D eigenvalue weighted by molar-refractivity contribution is -0.131. The van der Waals surface area contributed by atoms with Gasteiger partial charge in [-0.05, 0) is 53.6 Å². The van der Waals surface area contributed by atoms with Gasteiger partial charge >= 0.3 is 0 Å². The molecule has 166 valence electrons. The Balaban J connectivity index is 0.00000272. The minimum Gasteiger partial charge on any atom is -0.361 e.